The maximum Gasteiger partial charge on any atom is 0.416 e. The van der Waals surface area contributed by atoms with Crippen molar-refractivity contribution < 1.29 is 110 Å². The molecule has 27 heteroatoms. The van der Waals surface area contributed by atoms with E-state index in [1.54, 1.807) is 18.2 Å². The Balaban J connectivity index is 0.000000196. The molecular formula is C65H49F12N3O12. The van der Waals surface area contributed by atoms with Crippen molar-refractivity contribution in [1.29, 1.82) is 0 Å². The number of ketones is 3. The molecule has 3 aliphatic carbocycles. The van der Waals surface area contributed by atoms with Crippen molar-refractivity contribution in [1.82, 2.24) is 16.0 Å². The fourth-order valence-corrected chi connectivity index (χ4v) is 8.18. The number of alkyl halides is 9. The molecule has 6 aromatic rings. The largest absolute Gasteiger partial charge is 0.508 e. The lowest BCUT2D eigenvalue weighted by molar-refractivity contribution is -0.138. The second-order valence-electron chi connectivity index (χ2n) is 19.5. The Bertz CT molecular complexity index is 3960. The highest BCUT2D eigenvalue weighted by Crippen LogP contribution is 2.39. The summed E-state index contributed by atoms with van der Waals surface area (Å²) in [4.78, 5) is 72.2. The molecule has 3 amide bonds. The highest BCUT2D eigenvalue weighted by atomic mass is 19.4. The zero-order valence-corrected chi connectivity index (χ0v) is 47.6. The molecule has 0 radical (unpaired) electrons. The third-order valence-corrected chi connectivity index (χ3v) is 12.6. The van der Waals surface area contributed by atoms with Crippen LogP contribution in [-0.4, -0.2) is 60.1 Å². The fourth-order valence-electron chi connectivity index (χ4n) is 8.18. The maximum atomic E-state index is 13.8. The zero-order valence-electron chi connectivity index (χ0n) is 47.6. The molecule has 480 valence electrons. The van der Waals surface area contributed by atoms with E-state index in [1.165, 1.54) is 80.0 Å². The Labute approximate surface area is 514 Å². The molecule has 0 spiro atoms. The van der Waals surface area contributed by atoms with Gasteiger partial charge in [0, 0.05) is 72.6 Å². The van der Waals surface area contributed by atoms with Crippen LogP contribution in [0.1, 0.15) is 79.9 Å². The maximum absolute atomic E-state index is 13.8. The summed E-state index contributed by atoms with van der Waals surface area (Å²) >= 11 is 0. The Kier molecular flexibility index (Phi) is 22.8. The van der Waals surface area contributed by atoms with Gasteiger partial charge >= 0.3 is 18.5 Å². The van der Waals surface area contributed by atoms with Crippen LogP contribution in [-0.2, 0) is 33.3 Å². The third-order valence-electron chi connectivity index (χ3n) is 12.6. The van der Waals surface area contributed by atoms with Crippen molar-refractivity contribution in [3.8, 4) is 46.0 Å². The summed E-state index contributed by atoms with van der Waals surface area (Å²) in [6.07, 6.45) is -1.08. The number of allylic oxidation sites excluding steroid dienone is 9. The van der Waals surface area contributed by atoms with Gasteiger partial charge in [0.1, 0.15) is 58.6 Å². The highest BCUT2D eigenvalue weighted by Gasteiger charge is 2.34. The van der Waals surface area contributed by atoms with Crippen molar-refractivity contribution >= 4 is 35.1 Å². The first kappa shape index (κ1) is 68.6. The van der Waals surface area contributed by atoms with Crippen LogP contribution in [0.4, 0.5) is 52.7 Å². The molecule has 0 bridgehead atoms. The lowest BCUT2D eigenvalue weighted by Gasteiger charge is -2.16. The summed E-state index contributed by atoms with van der Waals surface area (Å²) < 4.78 is 183. The van der Waals surface area contributed by atoms with E-state index in [2.05, 4.69) is 16.0 Å². The number of hydrogen-bond acceptors (Lipinski definition) is 12. The van der Waals surface area contributed by atoms with Gasteiger partial charge in [-0.15, -0.1) is 0 Å². The van der Waals surface area contributed by atoms with E-state index in [-0.39, 0.29) is 112 Å². The number of nitrogens with one attached hydrogen (secondary N) is 3. The Morgan fingerprint density at radius 1 is 0.478 bits per heavy atom. The summed E-state index contributed by atoms with van der Waals surface area (Å²) in [5, 5.41) is 17.2. The van der Waals surface area contributed by atoms with Crippen LogP contribution in [0.3, 0.4) is 0 Å². The third kappa shape index (κ3) is 20.6. The average Bonchev–Trinajstić information content (AvgIpc) is 0.869. The lowest BCUT2D eigenvalue weighted by Crippen LogP contribution is -2.24. The van der Waals surface area contributed by atoms with Gasteiger partial charge in [0.25, 0.3) is 17.7 Å². The number of aromatic hydroxyl groups is 1. The number of amides is 3. The predicted molar refractivity (Wildman–Crippen MR) is 305 cm³/mol. The number of phenolic OH excluding ortho intramolecular Hbond substituents is 1. The Morgan fingerprint density at radius 2 is 0.935 bits per heavy atom. The normalized spacial score (nSPS) is 13.6. The quantitative estimate of drug-likeness (QED) is 0.0469. The molecule has 0 saturated carbocycles. The van der Waals surface area contributed by atoms with E-state index in [0.717, 1.165) is 66.7 Å². The fraction of sp³-hybridized carbons (Fsp3) is 0.169. The van der Waals surface area contributed by atoms with E-state index in [1.807, 2.05) is 0 Å². The summed E-state index contributed by atoms with van der Waals surface area (Å²) in [5.74, 6) is -5.39. The number of ether oxygens (including phenoxy) is 5. The van der Waals surface area contributed by atoms with Gasteiger partial charge in [-0.1, -0.05) is 18.2 Å². The summed E-state index contributed by atoms with van der Waals surface area (Å²) in [6, 6.07) is 20.4. The monoisotopic (exact) mass is 1290 g/mol. The van der Waals surface area contributed by atoms with Gasteiger partial charge in [0.15, 0.2) is 28.8 Å². The molecule has 0 unspecified atom stereocenters. The summed E-state index contributed by atoms with van der Waals surface area (Å²) in [7, 11) is 1.24. The van der Waals surface area contributed by atoms with E-state index in [0.29, 0.717) is 23.6 Å². The molecule has 92 heavy (non-hydrogen) atoms. The summed E-state index contributed by atoms with van der Waals surface area (Å²) in [5.41, 5.74) is -1.97. The number of benzene rings is 6. The Morgan fingerprint density at radius 3 is 1.43 bits per heavy atom. The van der Waals surface area contributed by atoms with E-state index in [4.69, 9.17) is 23.7 Å². The Hall–Kier alpha value is -10.9. The van der Waals surface area contributed by atoms with Crippen LogP contribution in [0.2, 0.25) is 0 Å². The molecule has 0 saturated heterocycles. The van der Waals surface area contributed by atoms with Crippen molar-refractivity contribution in [2.75, 3.05) is 13.7 Å². The molecule has 3 aliphatic rings. The molecule has 0 atom stereocenters. The van der Waals surface area contributed by atoms with Crippen LogP contribution in [0.25, 0.3) is 0 Å². The number of carbonyl (C=O) groups is 6. The molecule has 4 N–H and O–H groups in total. The zero-order chi connectivity index (χ0) is 66.9. The first-order chi connectivity index (χ1) is 43.5. The van der Waals surface area contributed by atoms with Gasteiger partial charge in [-0.25, -0.2) is 13.2 Å². The molecule has 0 heterocycles. The molecule has 0 aromatic heterocycles. The van der Waals surface area contributed by atoms with Crippen LogP contribution in [0, 0.1) is 17.5 Å². The lowest BCUT2D eigenvalue weighted by atomic mass is 10.1. The topological polar surface area (TPSA) is 205 Å². The highest BCUT2D eigenvalue weighted by molar-refractivity contribution is 6.02. The van der Waals surface area contributed by atoms with E-state index >= 15 is 0 Å². The van der Waals surface area contributed by atoms with Gasteiger partial charge < -0.3 is 44.7 Å². The van der Waals surface area contributed by atoms with Gasteiger partial charge in [-0.05, 0) is 134 Å². The first-order valence-corrected chi connectivity index (χ1v) is 27.0. The van der Waals surface area contributed by atoms with Gasteiger partial charge in [-0.2, -0.15) is 39.5 Å². The van der Waals surface area contributed by atoms with Crippen molar-refractivity contribution in [3.05, 3.63) is 238 Å². The molecule has 0 fully saturated rings. The van der Waals surface area contributed by atoms with E-state index in [9.17, 15) is 86.6 Å². The second-order valence-corrected chi connectivity index (χ2v) is 19.5. The SMILES string of the molecule is COc1cc(F)ccc1Oc1cc(C(F)(F)F)ccc1C(=O)NC1=CC(=O)CC=C1.O=C1C=C(NC(=O)c2cc(F)ccc2Oc2ccc(OCCCC(F)(F)F)cc2)C=CC1.O=C1C=C(NC(=O)c2ccc(C(F)(F)F)cc2OCc2cc(F)ccc2O)C=CC1. The van der Waals surface area contributed by atoms with Crippen molar-refractivity contribution in [3.63, 3.8) is 0 Å². The van der Waals surface area contributed by atoms with Crippen LogP contribution in [0.15, 0.2) is 187 Å². The number of hydrogen-bond donors (Lipinski definition) is 4. The van der Waals surface area contributed by atoms with Crippen LogP contribution in [0.5, 0.6) is 46.0 Å². The molecule has 15 nitrogen and oxygen atoms in total. The number of carbonyl (C=O) groups excluding carboxylic acids is 6. The van der Waals surface area contributed by atoms with Gasteiger partial charge in [0.05, 0.1) is 41.5 Å². The average molecular weight is 1290 g/mol. The number of phenols is 1. The summed E-state index contributed by atoms with van der Waals surface area (Å²) in [6.45, 7) is -0.568. The van der Waals surface area contributed by atoms with E-state index < -0.39 is 89.4 Å². The molecular weight excluding hydrogens is 1240 g/mol. The molecule has 9 rings (SSSR count). The van der Waals surface area contributed by atoms with Crippen molar-refractivity contribution in [2.45, 2.75) is 57.2 Å². The first-order valence-electron chi connectivity index (χ1n) is 27.0. The standard InChI is InChI=1S/C23H19F4NO4.2C21H15F4NO4/c24-15-5-10-21(20(13-15)22(30)28-16-3-1-4-17(29)14-16)32-19-8-6-18(7-9-19)31-12-2-11-23(25,26)27;1-29-19-10-13(22)6-8-17(19)30-18-9-12(21(23,24)25)5-7-16(18)20(28)26-14-3-2-4-15(27)11-14;22-14-5-7-18(28)12(8-14)11-30-19-9-13(21(23,24)25)4-6-17(19)20(29)26-15-2-1-3-16(27)10-15/h1,3,5-10,13-14H,2,4,11-12H2,(H,28,30);2-3,5-11H,4H2,1H3,(H,26,28);1-2,4-10,28H,3,11H2,(H,26,29). The minimum absolute atomic E-state index is 0.0118. The molecule has 0 aliphatic heterocycles. The van der Waals surface area contributed by atoms with Crippen LogP contribution < -0.4 is 39.6 Å². The van der Waals surface area contributed by atoms with Gasteiger partial charge in [-0.3, -0.25) is 28.8 Å². The minimum atomic E-state index is -4.69. The number of halogens is 12. The predicted octanol–water partition coefficient (Wildman–Crippen LogP) is 14.5. The smallest absolute Gasteiger partial charge is 0.416 e. The van der Waals surface area contributed by atoms with Gasteiger partial charge in [0.2, 0.25) is 0 Å². The minimum Gasteiger partial charge on any atom is -0.508 e. The number of rotatable bonds is 18. The van der Waals surface area contributed by atoms with Crippen LogP contribution >= 0.6 is 0 Å². The molecule has 6 aromatic carbocycles. The number of methoxy groups -OCH3 is 1. The van der Waals surface area contributed by atoms with Crippen molar-refractivity contribution in [2.24, 2.45) is 0 Å². The second kappa shape index (κ2) is 30.6.